The molecule has 0 fully saturated rings. The summed E-state index contributed by atoms with van der Waals surface area (Å²) in [6.07, 6.45) is 6.81. The van der Waals surface area contributed by atoms with Crippen LogP contribution in [0, 0.1) is 12.0 Å². The summed E-state index contributed by atoms with van der Waals surface area (Å²) >= 11 is 0. The minimum atomic E-state index is 0.404. The van der Waals surface area contributed by atoms with Crippen LogP contribution in [0.25, 0.3) is 0 Å². The molecule has 0 heteroatoms. The van der Waals surface area contributed by atoms with Gasteiger partial charge in [0.1, 0.15) is 0 Å². The fraction of sp³-hybridized carbons (Fsp3) is 0.300. The molecule has 20 heavy (non-hydrogen) atoms. The summed E-state index contributed by atoms with van der Waals surface area (Å²) in [4.78, 5) is 0. The second-order valence-corrected chi connectivity index (χ2v) is 6.07. The zero-order chi connectivity index (χ0) is 13.9. The molecule has 101 valence electrons. The van der Waals surface area contributed by atoms with Crippen LogP contribution in [0.2, 0.25) is 0 Å². The van der Waals surface area contributed by atoms with E-state index in [1.54, 1.807) is 0 Å². The Balaban J connectivity index is 1.89. The fourth-order valence-electron chi connectivity index (χ4n) is 3.02. The Morgan fingerprint density at radius 1 is 1.15 bits per heavy atom. The van der Waals surface area contributed by atoms with Gasteiger partial charge in [-0.05, 0) is 47.1 Å². The van der Waals surface area contributed by atoms with Crippen molar-refractivity contribution in [2.75, 3.05) is 0 Å². The lowest BCUT2D eigenvalue weighted by Crippen LogP contribution is -2.06. The quantitative estimate of drug-likeness (QED) is 0.687. The van der Waals surface area contributed by atoms with Crippen LogP contribution in [0.4, 0.5) is 0 Å². The number of rotatable bonds is 3. The van der Waals surface area contributed by atoms with E-state index in [-0.39, 0.29) is 0 Å². The van der Waals surface area contributed by atoms with Crippen molar-refractivity contribution in [3.05, 3.63) is 82.9 Å². The summed E-state index contributed by atoms with van der Waals surface area (Å²) in [5.74, 6) is 1.12. The number of allylic oxidation sites excluding steroid dienone is 2. The summed E-state index contributed by atoms with van der Waals surface area (Å²) in [5.41, 5.74) is 5.67. The van der Waals surface area contributed by atoms with E-state index in [9.17, 15) is 0 Å². The van der Waals surface area contributed by atoms with E-state index in [0.717, 1.165) is 12.8 Å². The van der Waals surface area contributed by atoms with Gasteiger partial charge in [-0.1, -0.05) is 68.5 Å². The Labute approximate surface area is 122 Å². The predicted molar refractivity (Wildman–Crippen MR) is 84.9 cm³/mol. The maximum Gasteiger partial charge on any atom is 0.0272 e. The van der Waals surface area contributed by atoms with Gasteiger partial charge in [0.2, 0.25) is 0 Å². The van der Waals surface area contributed by atoms with Crippen molar-refractivity contribution in [2.24, 2.45) is 5.92 Å². The third-order valence-corrected chi connectivity index (χ3v) is 3.97. The van der Waals surface area contributed by atoms with Gasteiger partial charge in [0, 0.05) is 5.92 Å². The minimum absolute atomic E-state index is 0.404. The molecule has 0 N–H and O–H groups in total. The van der Waals surface area contributed by atoms with Crippen molar-refractivity contribution >= 4 is 0 Å². The Morgan fingerprint density at radius 3 is 2.70 bits per heavy atom. The molecule has 1 atom stereocenters. The lowest BCUT2D eigenvalue weighted by Gasteiger charge is -2.21. The summed E-state index contributed by atoms with van der Waals surface area (Å²) in [6.45, 7) is 4.54. The first-order valence-corrected chi connectivity index (χ1v) is 7.48. The van der Waals surface area contributed by atoms with E-state index in [4.69, 9.17) is 0 Å². The second-order valence-electron chi connectivity index (χ2n) is 6.07. The van der Waals surface area contributed by atoms with Crippen LogP contribution in [-0.4, -0.2) is 0 Å². The molecular weight excluding hydrogens is 240 g/mol. The van der Waals surface area contributed by atoms with Gasteiger partial charge in [-0.3, -0.25) is 0 Å². The van der Waals surface area contributed by atoms with Gasteiger partial charge < -0.3 is 0 Å². The third-order valence-electron chi connectivity index (χ3n) is 3.97. The monoisotopic (exact) mass is 261 g/mol. The van der Waals surface area contributed by atoms with Crippen molar-refractivity contribution in [1.29, 1.82) is 0 Å². The first-order chi connectivity index (χ1) is 9.74. The zero-order valence-electron chi connectivity index (χ0n) is 12.3. The van der Waals surface area contributed by atoms with Crippen molar-refractivity contribution < 1.29 is 0 Å². The van der Waals surface area contributed by atoms with Gasteiger partial charge in [-0.25, -0.2) is 0 Å². The standard InChI is InChI=1S/C20H21/c1-15(2)14-16-10-12-18(13-11-16)20-9-5-7-17-6-3-4-8-19(17)20/h4-6,8-13,15,20H,7,14H2,1-2H3. The van der Waals surface area contributed by atoms with Crippen molar-refractivity contribution in [3.8, 4) is 0 Å². The van der Waals surface area contributed by atoms with Crippen molar-refractivity contribution in [3.63, 3.8) is 0 Å². The molecular formula is C20H21. The van der Waals surface area contributed by atoms with E-state index in [0.29, 0.717) is 11.8 Å². The normalized spacial score (nSPS) is 17.2. The smallest absolute Gasteiger partial charge is 0.0272 e. The minimum Gasteiger partial charge on any atom is -0.0832 e. The maximum atomic E-state index is 3.19. The van der Waals surface area contributed by atoms with Gasteiger partial charge in [-0.15, -0.1) is 0 Å². The average Bonchev–Trinajstić information content (AvgIpc) is 2.47. The fourth-order valence-corrected chi connectivity index (χ4v) is 3.02. The maximum absolute atomic E-state index is 3.19. The Hall–Kier alpha value is -1.82. The van der Waals surface area contributed by atoms with E-state index in [2.05, 4.69) is 68.5 Å². The van der Waals surface area contributed by atoms with Crippen LogP contribution in [0.15, 0.2) is 54.6 Å². The highest BCUT2D eigenvalue weighted by atomic mass is 14.2. The molecule has 1 unspecified atom stereocenters. The van der Waals surface area contributed by atoms with E-state index in [1.807, 2.05) is 6.07 Å². The molecule has 2 aromatic rings. The van der Waals surface area contributed by atoms with Crippen LogP contribution in [0.1, 0.15) is 42.0 Å². The first kappa shape index (κ1) is 13.2. The van der Waals surface area contributed by atoms with Gasteiger partial charge in [-0.2, -0.15) is 0 Å². The number of hydrogen-bond acceptors (Lipinski definition) is 0. The second kappa shape index (κ2) is 5.66. The zero-order valence-corrected chi connectivity index (χ0v) is 12.3. The Kier molecular flexibility index (Phi) is 3.73. The molecule has 0 nitrogen and oxygen atoms in total. The molecule has 2 aromatic carbocycles. The molecule has 1 radical (unpaired) electrons. The highest BCUT2D eigenvalue weighted by Gasteiger charge is 2.17. The summed E-state index contributed by atoms with van der Waals surface area (Å²) in [6, 6.07) is 18.7. The summed E-state index contributed by atoms with van der Waals surface area (Å²) in [5, 5.41) is 0. The Morgan fingerprint density at radius 2 is 1.95 bits per heavy atom. The van der Waals surface area contributed by atoms with E-state index < -0.39 is 0 Å². The number of hydrogen-bond donors (Lipinski definition) is 0. The molecule has 0 spiro atoms. The van der Waals surface area contributed by atoms with Gasteiger partial charge in [0.25, 0.3) is 0 Å². The van der Waals surface area contributed by atoms with Crippen LogP contribution in [0.3, 0.4) is 0 Å². The van der Waals surface area contributed by atoms with Gasteiger partial charge >= 0.3 is 0 Å². The van der Waals surface area contributed by atoms with Crippen molar-refractivity contribution in [2.45, 2.75) is 32.6 Å². The molecule has 0 saturated heterocycles. The summed E-state index contributed by atoms with van der Waals surface area (Å²) < 4.78 is 0. The number of fused-ring (bicyclic) bond motifs is 1. The molecule has 1 aliphatic carbocycles. The molecule has 0 aliphatic heterocycles. The van der Waals surface area contributed by atoms with Crippen molar-refractivity contribution in [1.82, 2.24) is 0 Å². The molecule has 0 aromatic heterocycles. The van der Waals surface area contributed by atoms with Gasteiger partial charge in [0.15, 0.2) is 0 Å². The first-order valence-electron chi connectivity index (χ1n) is 7.48. The Bertz CT molecular complexity index is 602. The molecule has 0 heterocycles. The number of benzene rings is 2. The van der Waals surface area contributed by atoms with Crippen LogP contribution in [-0.2, 0) is 12.8 Å². The van der Waals surface area contributed by atoms with E-state index >= 15 is 0 Å². The van der Waals surface area contributed by atoms with Gasteiger partial charge in [0.05, 0.1) is 0 Å². The molecule has 3 rings (SSSR count). The molecule has 0 bridgehead atoms. The largest absolute Gasteiger partial charge is 0.0832 e. The van der Waals surface area contributed by atoms with Crippen LogP contribution >= 0.6 is 0 Å². The molecule has 0 saturated carbocycles. The predicted octanol–water partition coefficient (Wildman–Crippen LogP) is 4.93. The average molecular weight is 261 g/mol. The third kappa shape index (κ3) is 2.70. The summed E-state index contributed by atoms with van der Waals surface area (Å²) in [7, 11) is 0. The van der Waals surface area contributed by atoms with Crippen LogP contribution < -0.4 is 0 Å². The SMILES string of the molecule is CC(C)Cc1ccc(C2C=CCc3c[c]ccc32)cc1. The topological polar surface area (TPSA) is 0 Å². The molecule has 0 amide bonds. The highest BCUT2D eigenvalue weighted by Crippen LogP contribution is 2.32. The lowest BCUT2D eigenvalue weighted by molar-refractivity contribution is 0.647. The van der Waals surface area contributed by atoms with Crippen LogP contribution in [0.5, 0.6) is 0 Å². The lowest BCUT2D eigenvalue weighted by atomic mass is 9.83. The molecule has 1 aliphatic rings. The van der Waals surface area contributed by atoms with E-state index in [1.165, 1.54) is 22.3 Å². The highest BCUT2D eigenvalue weighted by molar-refractivity contribution is 5.45.